The Hall–Kier alpha value is 0.420. The molecule has 0 aromatic rings. The molecule has 62 valence electrons. The Kier molecular flexibility index (Phi) is 26.8. The molecule has 0 atom stereocenters. The molecule has 0 bridgehead atoms. The first kappa shape index (κ1) is 23.3. The van der Waals surface area contributed by atoms with Crippen LogP contribution in [0.5, 0.6) is 0 Å². The number of hydrogen-bond donors (Lipinski definition) is 0. The zero-order valence-electron chi connectivity index (χ0n) is 8.12. The molecule has 0 aliphatic carbocycles. The summed E-state index contributed by atoms with van der Waals surface area (Å²) in [6, 6.07) is 0. The van der Waals surface area contributed by atoms with Crippen molar-refractivity contribution in [3.8, 4) is 0 Å². The average Bonchev–Trinajstić information content (AvgIpc) is 1.89. The molecule has 0 aliphatic rings. The van der Waals surface area contributed by atoms with Gasteiger partial charge >= 0.3 is 59.1 Å². The van der Waals surface area contributed by atoms with E-state index in [0.717, 1.165) is 6.08 Å². The third kappa shape index (κ3) is 32.7. The summed E-state index contributed by atoms with van der Waals surface area (Å²) in [7, 11) is 0. The van der Waals surface area contributed by atoms with E-state index in [4.69, 9.17) is 9.90 Å². The van der Waals surface area contributed by atoms with Gasteiger partial charge in [-0.2, -0.15) is 0 Å². The Labute approximate surface area is 121 Å². The van der Waals surface area contributed by atoms with Crippen LogP contribution in [0.25, 0.3) is 0 Å². The smallest absolute Gasteiger partial charge is 0.545 e. The van der Waals surface area contributed by atoms with Gasteiger partial charge < -0.3 is 19.8 Å². The van der Waals surface area contributed by atoms with Crippen molar-refractivity contribution in [1.29, 1.82) is 0 Å². The second kappa shape index (κ2) is 14.9. The Morgan fingerprint density at radius 3 is 1.38 bits per heavy atom. The van der Waals surface area contributed by atoms with E-state index in [1.165, 1.54) is 6.92 Å². The fraction of sp³-hybridized carbons (Fsp3) is 0.143. The van der Waals surface area contributed by atoms with Crippen molar-refractivity contribution in [2.75, 3.05) is 0 Å². The molecule has 0 N–H and O–H groups in total. The van der Waals surface area contributed by atoms with Crippen LogP contribution in [0.4, 0.5) is 0 Å². The third-order valence-corrected chi connectivity index (χ3v) is 0.515. The summed E-state index contributed by atoms with van der Waals surface area (Å²) in [5.74, 6) is -2.42. The molecule has 0 radical (unpaired) electrons. The molecule has 0 saturated carbocycles. The van der Waals surface area contributed by atoms with Gasteiger partial charge in [0, 0.05) is 0 Å². The van der Waals surface area contributed by atoms with Crippen molar-refractivity contribution in [3.63, 3.8) is 0 Å². The van der Waals surface area contributed by atoms with Crippen LogP contribution in [-0.2, 0) is 9.59 Å². The summed E-state index contributed by atoms with van der Waals surface area (Å²) in [5.41, 5.74) is 0.0648. The molecule has 0 aromatic heterocycles. The molecule has 4 nitrogen and oxygen atoms in total. The number of carboxylic acid groups (broad SMARTS) is 2. The van der Waals surface area contributed by atoms with Crippen LogP contribution in [0.15, 0.2) is 24.8 Å². The minimum Gasteiger partial charge on any atom is -0.545 e. The molecule has 13 heavy (non-hydrogen) atoms. The first-order valence-corrected chi connectivity index (χ1v) is 2.62. The van der Waals surface area contributed by atoms with E-state index in [-0.39, 0.29) is 64.7 Å². The Balaban J connectivity index is -0.0000000546. The molecule has 0 aliphatic heterocycles. The van der Waals surface area contributed by atoms with Gasteiger partial charge in [-0.15, -0.1) is 0 Å². The number of hydrogen-bond acceptors (Lipinski definition) is 4. The van der Waals surface area contributed by atoms with Crippen LogP contribution in [0, 0.1) is 0 Å². The van der Waals surface area contributed by atoms with Gasteiger partial charge in [-0.1, -0.05) is 13.2 Å². The molecule has 0 fully saturated rings. The predicted molar refractivity (Wildman–Crippen MR) is 35.0 cm³/mol. The largest absolute Gasteiger partial charge is 1.00 e. The minimum atomic E-state index is -1.23. The molecule has 0 aromatic carbocycles. The van der Waals surface area contributed by atoms with Crippen LogP contribution >= 0.6 is 0 Å². The van der Waals surface area contributed by atoms with Crippen molar-refractivity contribution in [2.24, 2.45) is 0 Å². The fourth-order valence-corrected chi connectivity index (χ4v) is 0. The minimum absolute atomic E-state index is 0. The molecule has 0 rings (SSSR count). The molecule has 0 saturated heterocycles. The maximum absolute atomic E-state index is 9.49. The zero-order valence-corrected chi connectivity index (χ0v) is 12.1. The number of rotatable bonds is 2. The molecule has 0 amide bonds. The summed E-state index contributed by atoms with van der Waals surface area (Å²) in [6.45, 7) is 7.38. The zero-order chi connectivity index (χ0) is 9.44. The number of carbonyl (C=O) groups excluding carboxylic acids is 2. The molecule has 0 unspecified atom stereocenters. The maximum Gasteiger partial charge on any atom is 1.00 e. The van der Waals surface area contributed by atoms with E-state index in [2.05, 4.69) is 13.2 Å². The Bertz CT molecular complexity index is 177. The van der Waals surface area contributed by atoms with Crippen molar-refractivity contribution in [2.45, 2.75) is 6.92 Å². The second-order valence-electron chi connectivity index (χ2n) is 1.59. The second-order valence-corrected chi connectivity index (χ2v) is 1.59. The Morgan fingerprint density at radius 2 is 1.38 bits per heavy atom. The van der Waals surface area contributed by atoms with Gasteiger partial charge in [-0.25, -0.2) is 0 Å². The van der Waals surface area contributed by atoms with Gasteiger partial charge in [-0.3, -0.25) is 0 Å². The summed E-state index contributed by atoms with van der Waals surface area (Å²) in [4.78, 5) is 18.6. The van der Waals surface area contributed by atoms with Crippen molar-refractivity contribution >= 4 is 11.9 Å². The van der Waals surface area contributed by atoms with Crippen LogP contribution in [-0.4, -0.2) is 11.9 Å². The summed E-state index contributed by atoms with van der Waals surface area (Å²) in [5, 5.41) is 18.6. The predicted octanol–water partition coefficient (Wildman–Crippen LogP) is -7.76. The van der Waals surface area contributed by atoms with Crippen LogP contribution in [0.3, 0.4) is 0 Å². The Morgan fingerprint density at radius 1 is 1.23 bits per heavy atom. The topological polar surface area (TPSA) is 80.3 Å². The van der Waals surface area contributed by atoms with Crippen LogP contribution < -0.4 is 69.3 Å². The molecule has 0 spiro atoms. The molecular weight excluding hydrogens is 194 g/mol. The van der Waals surface area contributed by atoms with E-state index in [0.29, 0.717) is 0 Å². The van der Waals surface area contributed by atoms with Gasteiger partial charge in [0.05, 0.1) is 11.9 Å². The number of aliphatic carboxylic acids is 2. The summed E-state index contributed by atoms with van der Waals surface area (Å²) >= 11 is 0. The normalized spacial score (nSPS) is 5.92. The van der Waals surface area contributed by atoms with E-state index in [9.17, 15) is 9.90 Å². The van der Waals surface area contributed by atoms with Crippen LogP contribution in [0.1, 0.15) is 6.92 Å². The monoisotopic (exact) mass is 202 g/mol. The third-order valence-electron chi connectivity index (χ3n) is 0.515. The maximum atomic E-state index is 9.49. The standard InChI is InChI=1S/C4H6O2.C3H4O2.2Na/c1-3(2)4(5)6;1-2-3(4)5;;/h1H2,2H3,(H,5,6);2H,1H2,(H,4,5);;/q;;2*+1/p-2. The van der Waals surface area contributed by atoms with E-state index in [1.807, 2.05) is 0 Å². The first-order chi connectivity index (χ1) is 4.91. The van der Waals surface area contributed by atoms with E-state index < -0.39 is 11.9 Å². The van der Waals surface area contributed by atoms with Gasteiger partial charge in [0.15, 0.2) is 0 Å². The quantitative estimate of drug-likeness (QED) is 0.329. The van der Waals surface area contributed by atoms with Crippen molar-refractivity contribution < 1.29 is 78.9 Å². The van der Waals surface area contributed by atoms with E-state index in [1.54, 1.807) is 0 Å². The van der Waals surface area contributed by atoms with Crippen molar-refractivity contribution in [1.82, 2.24) is 0 Å². The van der Waals surface area contributed by atoms with Gasteiger partial charge in [-0.05, 0) is 18.6 Å². The fourth-order valence-electron chi connectivity index (χ4n) is 0. The first-order valence-electron chi connectivity index (χ1n) is 2.62. The van der Waals surface area contributed by atoms with Gasteiger partial charge in [0.25, 0.3) is 0 Å². The van der Waals surface area contributed by atoms with E-state index >= 15 is 0 Å². The SMILES string of the molecule is C=C(C)C(=O)[O-].C=CC(=O)[O-].[Na+].[Na+]. The average molecular weight is 202 g/mol. The molecular formula is C7H8Na2O4. The summed E-state index contributed by atoms with van der Waals surface area (Å²) < 4.78 is 0. The number of carboxylic acids is 2. The summed E-state index contributed by atoms with van der Waals surface area (Å²) in [6.07, 6.45) is 0.722. The van der Waals surface area contributed by atoms with Crippen molar-refractivity contribution in [3.05, 3.63) is 24.8 Å². The molecule has 0 heterocycles. The van der Waals surface area contributed by atoms with Crippen LogP contribution in [0.2, 0.25) is 0 Å². The number of carbonyl (C=O) groups is 2. The van der Waals surface area contributed by atoms with Gasteiger partial charge in [0.2, 0.25) is 0 Å². The van der Waals surface area contributed by atoms with Gasteiger partial charge in [0.1, 0.15) is 0 Å². The molecule has 6 heteroatoms.